The summed E-state index contributed by atoms with van der Waals surface area (Å²) in [5, 5.41) is 10.7. The molecule has 3 rings (SSSR count). The van der Waals surface area contributed by atoms with Crippen molar-refractivity contribution in [2.45, 2.75) is 45.9 Å². The van der Waals surface area contributed by atoms with Crippen molar-refractivity contribution in [1.29, 1.82) is 0 Å². The van der Waals surface area contributed by atoms with Gasteiger partial charge in [-0.05, 0) is 62.6 Å². The van der Waals surface area contributed by atoms with Crippen molar-refractivity contribution in [3.63, 3.8) is 0 Å². The molecule has 2 unspecified atom stereocenters. The Balaban J connectivity index is 1.66. The number of hydrogen-bond donors (Lipinski definition) is 1. The molecule has 176 valence electrons. The molecule has 2 aromatic rings. The van der Waals surface area contributed by atoms with E-state index in [1.54, 1.807) is 0 Å². The SMILES string of the molecule is CCN(CC)c1ccc(CN(CC(O)COc2cccc(C)c2)C2CCS(=O)(=O)C2)cc1. The van der Waals surface area contributed by atoms with Crippen LogP contribution in [0.25, 0.3) is 0 Å². The van der Waals surface area contributed by atoms with E-state index in [0.29, 0.717) is 19.5 Å². The van der Waals surface area contributed by atoms with Gasteiger partial charge in [-0.25, -0.2) is 8.42 Å². The van der Waals surface area contributed by atoms with E-state index in [0.717, 1.165) is 30.0 Å². The van der Waals surface area contributed by atoms with Crippen LogP contribution in [0.2, 0.25) is 0 Å². The highest BCUT2D eigenvalue weighted by Crippen LogP contribution is 2.22. The number of benzene rings is 2. The van der Waals surface area contributed by atoms with Gasteiger partial charge in [-0.3, -0.25) is 4.90 Å². The van der Waals surface area contributed by atoms with Gasteiger partial charge in [0.2, 0.25) is 0 Å². The first-order valence-corrected chi connectivity index (χ1v) is 13.3. The van der Waals surface area contributed by atoms with Gasteiger partial charge in [0.15, 0.2) is 9.84 Å². The zero-order chi connectivity index (χ0) is 23.1. The number of aryl methyl sites for hydroxylation is 1. The van der Waals surface area contributed by atoms with Crippen LogP contribution in [0.15, 0.2) is 48.5 Å². The number of anilines is 1. The Bertz CT molecular complexity index is 958. The molecular weight excluding hydrogens is 424 g/mol. The van der Waals surface area contributed by atoms with Crippen LogP contribution in [0, 0.1) is 6.92 Å². The molecule has 32 heavy (non-hydrogen) atoms. The molecule has 2 aromatic carbocycles. The number of ether oxygens (including phenoxy) is 1. The molecule has 1 fully saturated rings. The van der Waals surface area contributed by atoms with Gasteiger partial charge in [-0.1, -0.05) is 24.3 Å². The molecule has 1 aliphatic rings. The molecule has 0 amide bonds. The fourth-order valence-electron chi connectivity index (χ4n) is 4.26. The van der Waals surface area contributed by atoms with Crippen LogP contribution in [-0.2, 0) is 16.4 Å². The normalized spacial score (nSPS) is 18.6. The van der Waals surface area contributed by atoms with Crippen LogP contribution in [0.5, 0.6) is 5.75 Å². The highest BCUT2D eigenvalue weighted by molar-refractivity contribution is 7.91. The number of hydrogen-bond acceptors (Lipinski definition) is 6. The predicted octanol–water partition coefficient (Wildman–Crippen LogP) is 3.27. The van der Waals surface area contributed by atoms with Gasteiger partial charge in [0, 0.05) is 37.9 Å². The van der Waals surface area contributed by atoms with E-state index in [4.69, 9.17) is 4.74 Å². The summed E-state index contributed by atoms with van der Waals surface area (Å²) >= 11 is 0. The summed E-state index contributed by atoms with van der Waals surface area (Å²) in [6.45, 7) is 9.31. The first kappa shape index (κ1) is 24.6. The summed E-state index contributed by atoms with van der Waals surface area (Å²) in [6, 6.07) is 16.1. The van der Waals surface area contributed by atoms with E-state index in [9.17, 15) is 13.5 Å². The second-order valence-electron chi connectivity index (χ2n) is 8.61. The number of sulfone groups is 1. The maximum Gasteiger partial charge on any atom is 0.151 e. The molecular formula is C25H36N2O4S. The highest BCUT2D eigenvalue weighted by Gasteiger charge is 2.33. The Hall–Kier alpha value is -2.09. The highest BCUT2D eigenvalue weighted by atomic mass is 32.2. The minimum atomic E-state index is -3.01. The average Bonchev–Trinajstić information content (AvgIpc) is 3.13. The standard InChI is InChI=1S/C25H36N2O4S/c1-4-26(5-2)22-11-9-21(10-12-22)16-27(23-13-14-32(29,30)19-23)17-24(28)18-31-25-8-6-7-20(3)15-25/h6-12,15,23-24,28H,4-5,13-14,16-19H2,1-3H3. The second kappa shape index (κ2) is 11.2. The van der Waals surface area contributed by atoms with E-state index in [1.165, 1.54) is 5.69 Å². The minimum Gasteiger partial charge on any atom is -0.491 e. The molecule has 2 atom stereocenters. The quantitative estimate of drug-likeness (QED) is 0.555. The van der Waals surface area contributed by atoms with Crippen LogP contribution >= 0.6 is 0 Å². The smallest absolute Gasteiger partial charge is 0.151 e. The maximum atomic E-state index is 12.1. The van der Waals surface area contributed by atoms with Crippen LogP contribution in [0.4, 0.5) is 5.69 Å². The van der Waals surface area contributed by atoms with E-state index in [2.05, 4.69) is 47.9 Å². The molecule has 7 heteroatoms. The fraction of sp³-hybridized carbons (Fsp3) is 0.520. The van der Waals surface area contributed by atoms with Crippen LogP contribution in [0.1, 0.15) is 31.4 Å². The topological polar surface area (TPSA) is 70.1 Å². The lowest BCUT2D eigenvalue weighted by Crippen LogP contribution is -2.42. The van der Waals surface area contributed by atoms with E-state index < -0.39 is 15.9 Å². The zero-order valence-corrected chi connectivity index (χ0v) is 20.2. The number of aliphatic hydroxyl groups excluding tert-OH is 1. The second-order valence-corrected chi connectivity index (χ2v) is 10.8. The summed E-state index contributed by atoms with van der Waals surface area (Å²) in [6.07, 6.45) is -0.112. The molecule has 0 aliphatic carbocycles. The Morgan fingerprint density at radius 3 is 2.44 bits per heavy atom. The number of nitrogens with zero attached hydrogens (tertiary/aromatic N) is 2. The van der Waals surface area contributed by atoms with Crippen LogP contribution in [-0.4, -0.2) is 68.3 Å². The summed E-state index contributed by atoms with van der Waals surface area (Å²) in [5.41, 5.74) is 3.39. The third-order valence-corrected chi connectivity index (χ3v) is 7.80. The Labute approximate surface area is 192 Å². The number of rotatable bonds is 11. The zero-order valence-electron chi connectivity index (χ0n) is 19.4. The van der Waals surface area contributed by atoms with Crippen molar-refractivity contribution < 1.29 is 18.3 Å². The summed E-state index contributed by atoms with van der Waals surface area (Å²) in [5.74, 6) is 1.09. The van der Waals surface area contributed by atoms with Gasteiger partial charge in [-0.15, -0.1) is 0 Å². The van der Waals surface area contributed by atoms with Gasteiger partial charge in [0.05, 0.1) is 11.5 Å². The van der Waals surface area contributed by atoms with Gasteiger partial charge >= 0.3 is 0 Å². The van der Waals surface area contributed by atoms with E-state index >= 15 is 0 Å². The predicted molar refractivity (Wildman–Crippen MR) is 130 cm³/mol. The molecule has 0 bridgehead atoms. The lowest BCUT2D eigenvalue weighted by Gasteiger charge is -2.30. The third kappa shape index (κ3) is 6.95. The summed E-state index contributed by atoms with van der Waals surface area (Å²) in [4.78, 5) is 4.39. The van der Waals surface area contributed by atoms with E-state index in [-0.39, 0.29) is 24.2 Å². The lowest BCUT2D eigenvalue weighted by atomic mass is 10.1. The van der Waals surface area contributed by atoms with Gasteiger partial charge < -0.3 is 14.7 Å². The maximum absolute atomic E-state index is 12.1. The average molecular weight is 461 g/mol. The van der Waals surface area contributed by atoms with Crippen LogP contribution < -0.4 is 9.64 Å². The Morgan fingerprint density at radius 2 is 1.84 bits per heavy atom. The van der Waals surface area contributed by atoms with Crippen molar-refractivity contribution in [2.24, 2.45) is 0 Å². The number of aliphatic hydroxyl groups is 1. The molecule has 0 spiro atoms. The van der Waals surface area contributed by atoms with Crippen LogP contribution in [0.3, 0.4) is 0 Å². The first-order chi connectivity index (χ1) is 15.3. The van der Waals surface area contributed by atoms with Gasteiger partial charge in [-0.2, -0.15) is 0 Å². The minimum absolute atomic E-state index is 0.0870. The van der Waals surface area contributed by atoms with Crippen molar-refractivity contribution in [2.75, 3.05) is 42.6 Å². The molecule has 1 aliphatic heterocycles. The molecule has 1 saturated heterocycles. The van der Waals surface area contributed by atoms with Crippen molar-refractivity contribution >= 4 is 15.5 Å². The van der Waals surface area contributed by atoms with E-state index in [1.807, 2.05) is 31.2 Å². The monoisotopic (exact) mass is 460 g/mol. The summed E-state index contributed by atoms with van der Waals surface area (Å²) in [7, 11) is -3.01. The lowest BCUT2D eigenvalue weighted by molar-refractivity contribution is 0.0524. The van der Waals surface area contributed by atoms with Crippen molar-refractivity contribution in [3.8, 4) is 5.75 Å². The Kier molecular flexibility index (Phi) is 8.57. The molecule has 0 radical (unpaired) electrons. The molecule has 0 saturated carbocycles. The molecule has 1 heterocycles. The van der Waals surface area contributed by atoms with Crippen molar-refractivity contribution in [3.05, 3.63) is 59.7 Å². The van der Waals surface area contributed by atoms with Gasteiger partial charge in [0.1, 0.15) is 18.5 Å². The fourth-order valence-corrected chi connectivity index (χ4v) is 6.02. The largest absolute Gasteiger partial charge is 0.491 e. The molecule has 0 aromatic heterocycles. The molecule has 1 N–H and O–H groups in total. The van der Waals surface area contributed by atoms with Gasteiger partial charge in [0.25, 0.3) is 0 Å². The van der Waals surface area contributed by atoms with Crippen molar-refractivity contribution in [1.82, 2.24) is 4.90 Å². The Morgan fingerprint density at radius 1 is 1.12 bits per heavy atom. The first-order valence-electron chi connectivity index (χ1n) is 11.5. The third-order valence-electron chi connectivity index (χ3n) is 6.05. The molecule has 6 nitrogen and oxygen atoms in total. The summed E-state index contributed by atoms with van der Waals surface area (Å²) < 4.78 is 30.0.